The molecule has 0 radical (unpaired) electrons. The Morgan fingerprint density at radius 3 is 3.28 bits per heavy atom. The molecule has 0 saturated carbocycles. The molecule has 0 bridgehead atoms. The third kappa shape index (κ3) is 2.47. The number of aryl methyl sites for hydroxylation is 1. The predicted octanol–water partition coefficient (Wildman–Crippen LogP) is 1.67. The highest BCUT2D eigenvalue weighted by Crippen LogP contribution is 2.20. The minimum absolute atomic E-state index is 0.195. The maximum Gasteiger partial charge on any atom is 0.220 e. The summed E-state index contributed by atoms with van der Waals surface area (Å²) in [6.07, 6.45) is 13.0. The molecule has 1 amide bonds. The maximum absolute atomic E-state index is 11.9. The molecule has 1 aromatic rings. The molecule has 2 aliphatic rings. The van der Waals surface area contributed by atoms with Crippen LogP contribution in [0.4, 0.5) is 0 Å². The van der Waals surface area contributed by atoms with E-state index in [0.717, 1.165) is 38.1 Å². The van der Waals surface area contributed by atoms with Gasteiger partial charge in [-0.1, -0.05) is 12.2 Å². The molecule has 1 aliphatic carbocycles. The van der Waals surface area contributed by atoms with E-state index >= 15 is 0 Å². The van der Waals surface area contributed by atoms with E-state index in [2.05, 4.69) is 27.0 Å². The molecule has 0 saturated heterocycles. The minimum Gasteiger partial charge on any atom is -0.352 e. The molecular weight excluding hydrogens is 226 g/mol. The van der Waals surface area contributed by atoms with Crippen molar-refractivity contribution in [1.82, 2.24) is 14.9 Å². The van der Waals surface area contributed by atoms with Gasteiger partial charge in [-0.15, -0.1) is 0 Å². The lowest BCUT2D eigenvalue weighted by Gasteiger charge is -2.25. The number of carbonyl (C=O) groups is 1. The topological polar surface area (TPSA) is 46.9 Å². The van der Waals surface area contributed by atoms with Crippen molar-refractivity contribution in [2.24, 2.45) is 5.92 Å². The van der Waals surface area contributed by atoms with Crippen LogP contribution in [0.1, 0.15) is 31.5 Å². The highest BCUT2D eigenvalue weighted by molar-refractivity contribution is 5.76. The van der Waals surface area contributed by atoms with Crippen LogP contribution in [0.5, 0.6) is 0 Å². The van der Waals surface area contributed by atoms with Gasteiger partial charge in [0.2, 0.25) is 5.91 Å². The number of hydrogen-bond acceptors (Lipinski definition) is 2. The second-order valence-corrected chi connectivity index (χ2v) is 5.27. The van der Waals surface area contributed by atoms with Gasteiger partial charge < -0.3 is 9.88 Å². The first-order valence-electron chi connectivity index (χ1n) is 6.77. The van der Waals surface area contributed by atoms with Crippen molar-refractivity contribution < 1.29 is 4.79 Å². The van der Waals surface area contributed by atoms with Crippen LogP contribution >= 0.6 is 0 Å². The van der Waals surface area contributed by atoms with E-state index in [1.807, 2.05) is 12.4 Å². The summed E-state index contributed by atoms with van der Waals surface area (Å²) in [6.45, 7) is 0.863. The van der Waals surface area contributed by atoms with Gasteiger partial charge >= 0.3 is 0 Å². The normalized spacial score (nSPS) is 26.0. The van der Waals surface area contributed by atoms with Crippen LogP contribution in [0, 0.1) is 5.92 Å². The maximum atomic E-state index is 11.9. The van der Waals surface area contributed by atoms with E-state index in [1.165, 1.54) is 0 Å². The van der Waals surface area contributed by atoms with Gasteiger partial charge in [-0.2, -0.15) is 0 Å². The number of hydrogen-bond donors (Lipinski definition) is 1. The summed E-state index contributed by atoms with van der Waals surface area (Å²) in [5.41, 5.74) is 0. The number of aromatic nitrogens is 2. The molecule has 0 fully saturated rings. The van der Waals surface area contributed by atoms with Crippen LogP contribution in [0.2, 0.25) is 0 Å². The van der Waals surface area contributed by atoms with Crippen molar-refractivity contribution in [2.45, 2.75) is 44.7 Å². The van der Waals surface area contributed by atoms with Crippen LogP contribution < -0.4 is 5.32 Å². The third-order valence-corrected chi connectivity index (χ3v) is 3.86. The Morgan fingerprint density at radius 1 is 1.50 bits per heavy atom. The zero-order valence-electron chi connectivity index (χ0n) is 10.5. The van der Waals surface area contributed by atoms with Gasteiger partial charge in [-0.3, -0.25) is 4.79 Å². The van der Waals surface area contributed by atoms with Crippen molar-refractivity contribution in [2.75, 3.05) is 0 Å². The highest BCUT2D eigenvalue weighted by atomic mass is 16.1. The van der Waals surface area contributed by atoms with E-state index in [4.69, 9.17) is 0 Å². The monoisotopic (exact) mass is 245 g/mol. The van der Waals surface area contributed by atoms with Crippen molar-refractivity contribution in [3.63, 3.8) is 0 Å². The molecule has 96 valence electrons. The molecule has 0 aromatic carbocycles. The van der Waals surface area contributed by atoms with Gasteiger partial charge in [0, 0.05) is 37.8 Å². The largest absolute Gasteiger partial charge is 0.352 e. The lowest BCUT2D eigenvalue weighted by Crippen LogP contribution is -2.41. The fourth-order valence-corrected chi connectivity index (χ4v) is 2.87. The fraction of sp³-hybridized carbons (Fsp3) is 0.571. The van der Waals surface area contributed by atoms with Crippen molar-refractivity contribution >= 4 is 5.91 Å². The highest BCUT2D eigenvalue weighted by Gasteiger charge is 2.21. The van der Waals surface area contributed by atoms with Gasteiger partial charge in [0.15, 0.2) is 0 Å². The van der Waals surface area contributed by atoms with Crippen LogP contribution in [-0.4, -0.2) is 21.5 Å². The number of carbonyl (C=O) groups excluding carboxylic acids is 1. The SMILES string of the molecule is O=C(C[C@H]1C=CCC1)N[C@@H]1CCc2nccn2C1. The van der Waals surface area contributed by atoms with E-state index < -0.39 is 0 Å². The smallest absolute Gasteiger partial charge is 0.220 e. The number of rotatable bonds is 3. The Morgan fingerprint density at radius 2 is 2.44 bits per heavy atom. The van der Waals surface area contributed by atoms with E-state index in [-0.39, 0.29) is 11.9 Å². The van der Waals surface area contributed by atoms with E-state index in [9.17, 15) is 4.79 Å². The lowest BCUT2D eigenvalue weighted by molar-refractivity contribution is -0.122. The molecule has 0 spiro atoms. The minimum atomic E-state index is 0.195. The quantitative estimate of drug-likeness (QED) is 0.823. The summed E-state index contributed by atoms with van der Waals surface area (Å²) >= 11 is 0. The molecule has 1 N–H and O–H groups in total. The van der Waals surface area contributed by atoms with Crippen molar-refractivity contribution in [3.05, 3.63) is 30.4 Å². The molecule has 2 atom stereocenters. The summed E-state index contributed by atoms with van der Waals surface area (Å²) in [5.74, 6) is 1.79. The second-order valence-electron chi connectivity index (χ2n) is 5.27. The zero-order chi connectivity index (χ0) is 12.4. The molecular formula is C14H19N3O. The first-order valence-corrected chi connectivity index (χ1v) is 6.77. The summed E-state index contributed by atoms with van der Waals surface area (Å²) in [5, 5.41) is 3.16. The molecule has 0 unspecified atom stereocenters. The van der Waals surface area contributed by atoms with Gasteiger partial charge in [-0.25, -0.2) is 4.98 Å². The first-order chi connectivity index (χ1) is 8.81. The Hall–Kier alpha value is -1.58. The fourth-order valence-electron chi connectivity index (χ4n) is 2.87. The van der Waals surface area contributed by atoms with E-state index in [1.54, 1.807) is 0 Å². The zero-order valence-corrected chi connectivity index (χ0v) is 10.5. The number of imidazole rings is 1. The van der Waals surface area contributed by atoms with Gasteiger partial charge in [0.05, 0.1) is 0 Å². The molecule has 4 nitrogen and oxygen atoms in total. The Bertz CT molecular complexity index is 463. The molecule has 2 heterocycles. The number of amides is 1. The number of nitrogens with one attached hydrogen (secondary N) is 1. The molecule has 18 heavy (non-hydrogen) atoms. The summed E-state index contributed by atoms with van der Waals surface area (Å²) in [7, 11) is 0. The Balaban J connectivity index is 1.51. The first kappa shape index (κ1) is 11.5. The number of nitrogens with zero attached hydrogens (tertiary/aromatic N) is 2. The van der Waals surface area contributed by atoms with E-state index in [0.29, 0.717) is 12.3 Å². The molecule has 1 aromatic heterocycles. The standard InChI is InChI=1S/C14H19N3O/c18-14(9-11-3-1-2-4-11)16-12-5-6-13-15-7-8-17(13)10-12/h1,3,7-8,11-12H,2,4-6,9-10H2,(H,16,18)/t11-,12+/m0/s1. The number of fused-ring (bicyclic) bond motifs is 1. The third-order valence-electron chi connectivity index (χ3n) is 3.86. The molecule has 1 aliphatic heterocycles. The van der Waals surface area contributed by atoms with Crippen molar-refractivity contribution in [1.29, 1.82) is 0 Å². The predicted molar refractivity (Wildman–Crippen MR) is 69.0 cm³/mol. The van der Waals surface area contributed by atoms with Gasteiger partial charge in [0.25, 0.3) is 0 Å². The Kier molecular flexibility index (Phi) is 3.17. The van der Waals surface area contributed by atoms with Crippen LogP contribution in [0.15, 0.2) is 24.5 Å². The second kappa shape index (κ2) is 4.96. The number of allylic oxidation sites excluding steroid dienone is 2. The Labute approximate surface area is 107 Å². The van der Waals surface area contributed by atoms with Crippen LogP contribution in [0.3, 0.4) is 0 Å². The lowest BCUT2D eigenvalue weighted by atomic mass is 10.0. The van der Waals surface area contributed by atoms with Crippen LogP contribution in [0.25, 0.3) is 0 Å². The average Bonchev–Trinajstić information content (AvgIpc) is 2.98. The molecule has 4 heteroatoms. The van der Waals surface area contributed by atoms with Gasteiger partial charge in [0.1, 0.15) is 5.82 Å². The molecule has 3 rings (SSSR count). The summed E-state index contributed by atoms with van der Waals surface area (Å²) in [4.78, 5) is 16.2. The average molecular weight is 245 g/mol. The summed E-state index contributed by atoms with van der Waals surface area (Å²) < 4.78 is 2.14. The summed E-state index contributed by atoms with van der Waals surface area (Å²) in [6, 6.07) is 0.268. The van der Waals surface area contributed by atoms with Gasteiger partial charge in [-0.05, 0) is 25.2 Å². The van der Waals surface area contributed by atoms with Crippen molar-refractivity contribution in [3.8, 4) is 0 Å². The van der Waals surface area contributed by atoms with Crippen LogP contribution in [-0.2, 0) is 17.8 Å².